The van der Waals surface area contributed by atoms with Crippen molar-refractivity contribution in [2.24, 2.45) is 11.8 Å². The molecule has 1 saturated carbocycles. The summed E-state index contributed by atoms with van der Waals surface area (Å²) in [5.41, 5.74) is 0. The summed E-state index contributed by atoms with van der Waals surface area (Å²) in [6, 6.07) is 0. The van der Waals surface area contributed by atoms with E-state index in [0.29, 0.717) is 12.8 Å². The van der Waals surface area contributed by atoms with Gasteiger partial charge in [0.2, 0.25) is 11.8 Å². The highest BCUT2D eigenvalue weighted by Crippen LogP contribution is 2.29. The van der Waals surface area contributed by atoms with E-state index in [1.165, 1.54) is 4.90 Å². The first-order valence-electron chi connectivity index (χ1n) is 6.59. The van der Waals surface area contributed by atoms with Gasteiger partial charge in [-0.1, -0.05) is 19.8 Å². The second-order valence-electron chi connectivity index (χ2n) is 5.52. The first-order chi connectivity index (χ1) is 8.08. The molecule has 0 bridgehead atoms. The quantitative estimate of drug-likeness (QED) is 0.756. The van der Waals surface area contributed by atoms with Crippen LogP contribution >= 0.6 is 0 Å². The lowest BCUT2D eigenvalue weighted by atomic mass is 9.95. The Kier molecular flexibility index (Phi) is 3.82. The summed E-state index contributed by atoms with van der Waals surface area (Å²) in [4.78, 5) is 24.8. The van der Waals surface area contributed by atoms with E-state index >= 15 is 0 Å². The predicted octanol–water partition coefficient (Wildman–Crippen LogP) is 1.32. The third kappa shape index (κ3) is 2.86. The number of aliphatic hydroxyl groups excluding tert-OH is 1. The molecule has 2 rings (SSSR count). The van der Waals surface area contributed by atoms with E-state index in [4.69, 9.17) is 0 Å². The van der Waals surface area contributed by atoms with Crippen LogP contribution in [0.3, 0.4) is 0 Å². The minimum absolute atomic E-state index is 0.120. The molecular formula is C13H21NO3. The molecule has 1 saturated heterocycles. The Morgan fingerprint density at radius 2 is 1.76 bits per heavy atom. The molecule has 0 aromatic carbocycles. The minimum atomic E-state index is -0.529. The number of rotatable bonds is 3. The highest BCUT2D eigenvalue weighted by molar-refractivity contribution is 5.97. The van der Waals surface area contributed by atoms with Gasteiger partial charge in [-0.15, -0.1) is 0 Å². The summed E-state index contributed by atoms with van der Waals surface area (Å²) in [6.45, 7) is 2.12. The van der Waals surface area contributed by atoms with Gasteiger partial charge in [-0.3, -0.25) is 14.5 Å². The van der Waals surface area contributed by atoms with Crippen LogP contribution in [0.15, 0.2) is 0 Å². The third-order valence-electron chi connectivity index (χ3n) is 3.96. The van der Waals surface area contributed by atoms with Gasteiger partial charge >= 0.3 is 0 Å². The van der Waals surface area contributed by atoms with Gasteiger partial charge in [0.25, 0.3) is 0 Å². The highest BCUT2D eigenvalue weighted by atomic mass is 16.3. The molecule has 2 amide bonds. The number of nitrogens with zero attached hydrogens (tertiary/aromatic N) is 1. The molecule has 4 nitrogen and oxygen atoms in total. The van der Waals surface area contributed by atoms with Gasteiger partial charge < -0.3 is 5.11 Å². The minimum Gasteiger partial charge on any atom is -0.391 e. The van der Waals surface area contributed by atoms with Gasteiger partial charge in [0.05, 0.1) is 12.6 Å². The molecule has 1 heterocycles. The van der Waals surface area contributed by atoms with Crippen LogP contribution in [-0.2, 0) is 9.59 Å². The molecule has 1 atom stereocenters. The van der Waals surface area contributed by atoms with Crippen LogP contribution in [-0.4, -0.2) is 34.5 Å². The van der Waals surface area contributed by atoms with Gasteiger partial charge in [-0.2, -0.15) is 0 Å². The fourth-order valence-electron chi connectivity index (χ4n) is 2.91. The van der Waals surface area contributed by atoms with Crippen LogP contribution in [0.1, 0.15) is 45.4 Å². The monoisotopic (exact) mass is 239 g/mol. The molecule has 1 aliphatic carbocycles. The van der Waals surface area contributed by atoms with Crippen molar-refractivity contribution >= 4 is 11.8 Å². The van der Waals surface area contributed by atoms with Gasteiger partial charge in [-0.25, -0.2) is 0 Å². The second-order valence-corrected chi connectivity index (χ2v) is 5.52. The van der Waals surface area contributed by atoms with E-state index in [-0.39, 0.29) is 30.2 Å². The van der Waals surface area contributed by atoms with Crippen LogP contribution in [0, 0.1) is 11.8 Å². The topological polar surface area (TPSA) is 57.6 Å². The van der Waals surface area contributed by atoms with Crippen molar-refractivity contribution in [3.8, 4) is 0 Å². The average Bonchev–Trinajstić information content (AvgIpc) is 2.76. The Morgan fingerprint density at radius 1 is 1.24 bits per heavy atom. The number of hydrogen-bond donors (Lipinski definition) is 1. The zero-order valence-electron chi connectivity index (χ0n) is 10.4. The van der Waals surface area contributed by atoms with E-state index < -0.39 is 6.10 Å². The van der Waals surface area contributed by atoms with Crippen molar-refractivity contribution < 1.29 is 14.7 Å². The summed E-state index contributed by atoms with van der Waals surface area (Å²) < 4.78 is 0. The maximum atomic E-state index is 11.8. The van der Waals surface area contributed by atoms with Crippen molar-refractivity contribution in [2.75, 3.05) is 6.54 Å². The summed E-state index contributed by atoms with van der Waals surface area (Å²) in [6.07, 6.45) is 4.69. The number of amides is 2. The molecule has 2 aliphatic rings. The molecule has 96 valence electrons. The van der Waals surface area contributed by atoms with Gasteiger partial charge in [0.1, 0.15) is 0 Å². The Hall–Kier alpha value is -0.900. The molecular weight excluding hydrogens is 218 g/mol. The first kappa shape index (κ1) is 12.6. The van der Waals surface area contributed by atoms with E-state index in [2.05, 4.69) is 0 Å². The first-order valence-corrected chi connectivity index (χ1v) is 6.59. The van der Waals surface area contributed by atoms with Crippen molar-refractivity contribution in [2.45, 2.75) is 51.6 Å². The Balaban J connectivity index is 1.92. The van der Waals surface area contributed by atoms with Crippen LogP contribution in [0.25, 0.3) is 0 Å². The largest absolute Gasteiger partial charge is 0.391 e. The number of carbonyl (C=O) groups excluding carboxylic acids is 2. The number of piperidine rings is 1. The molecule has 4 heteroatoms. The smallest absolute Gasteiger partial charge is 0.229 e. The number of carbonyl (C=O) groups is 2. The van der Waals surface area contributed by atoms with Crippen molar-refractivity contribution in [1.82, 2.24) is 4.90 Å². The molecule has 17 heavy (non-hydrogen) atoms. The van der Waals surface area contributed by atoms with Crippen LogP contribution < -0.4 is 0 Å². The molecule has 0 spiro atoms. The van der Waals surface area contributed by atoms with Gasteiger partial charge in [0.15, 0.2) is 0 Å². The Morgan fingerprint density at radius 3 is 2.29 bits per heavy atom. The lowest BCUT2D eigenvalue weighted by Gasteiger charge is -2.31. The SMILES string of the molecule is CC1CC(=O)N(CC(O)C2CCCC2)C(=O)C1. The van der Waals surface area contributed by atoms with Crippen molar-refractivity contribution in [3.05, 3.63) is 0 Å². The number of β-amino-alcohol motifs (C(OH)–C–C–N with tert-alkyl or cyclic N) is 1. The number of imide groups is 1. The molecule has 2 fully saturated rings. The maximum Gasteiger partial charge on any atom is 0.229 e. The van der Waals surface area contributed by atoms with E-state index in [1.54, 1.807) is 0 Å². The van der Waals surface area contributed by atoms with Gasteiger partial charge in [0, 0.05) is 12.8 Å². The summed E-state index contributed by atoms with van der Waals surface area (Å²) in [5.74, 6) is 0.182. The average molecular weight is 239 g/mol. The molecule has 1 N–H and O–H groups in total. The fraction of sp³-hybridized carbons (Fsp3) is 0.846. The van der Waals surface area contributed by atoms with E-state index in [9.17, 15) is 14.7 Å². The maximum absolute atomic E-state index is 11.8. The Bertz CT molecular complexity index is 292. The lowest BCUT2D eigenvalue weighted by molar-refractivity contribution is -0.152. The predicted molar refractivity (Wildman–Crippen MR) is 63.1 cm³/mol. The van der Waals surface area contributed by atoms with Crippen LogP contribution in [0.5, 0.6) is 0 Å². The van der Waals surface area contributed by atoms with Crippen molar-refractivity contribution in [3.63, 3.8) is 0 Å². The number of hydrogen-bond acceptors (Lipinski definition) is 3. The highest BCUT2D eigenvalue weighted by Gasteiger charge is 2.33. The summed E-state index contributed by atoms with van der Waals surface area (Å²) >= 11 is 0. The molecule has 0 aromatic rings. The second kappa shape index (κ2) is 5.17. The molecule has 0 aromatic heterocycles. The number of likely N-dealkylation sites (tertiary alicyclic amines) is 1. The molecule has 1 aliphatic heterocycles. The van der Waals surface area contributed by atoms with E-state index in [0.717, 1.165) is 25.7 Å². The standard InChI is InChI=1S/C13H21NO3/c1-9-6-12(16)14(13(17)7-9)8-11(15)10-4-2-3-5-10/h9-11,15H,2-8H2,1H3. The lowest BCUT2D eigenvalue weighted by Crippen LogP contribution is -2.47. The van der Waals surface area contributed by atoms with Crippen LogP contribution in [0.2, 0.25) is 0 Å². The van der Waals surface area contributed by atoms with Crippen molar-refractivity contribution in [1.29, 1.82) is 0 Å². The Labute approximate surface area is 102 Å². The summed E-state index contributed by atoms with van der Waals surface area (Å²) in [5, 5.41) is 10.1. The fourth-order valence-corrected chi connectivity index (χ4v) is 2.91. The normalized spacial score (nSPS) is 25.6. The van der Waals surface area contributed by atoms with Gasteiger partial charge in [-0.05, 0) is 24.7 Å². The summed E-state index contributed by atoms with van der Waals surface area (Å²) in [7, 11) is 0. The molecule has 0 radical (unpaired) electrons. The van der Waals surface area contributed by atoms with E-state index in [1.807, 2.05) is 6.92 Å². The third-order valence-corrected chi connectivity index (χ3v) is 3.96. The molecule has 1 unspecified atom stereocenters. The number of aliphatic hydroxyl groups is 1. The zero-order chi connectivity index (χ0) is 12.4. The zero-order valence-corrected chi connectivity index (χ0v) is 10.4. The van der Waals surface area contributed by atoms with Crippen LogP contribution in [0.4, 0.5) is 0 Å².